The number of nitrogens with zero attached hydrogens (tertiary/aromatic N) is 1. The van der Waals surface area contributed by atoms with Gasteiger partial charge in [-0.05, 0) is 30.2 Å². The third-order valence-corrected chi connectivity index (χ3v) is 2.96. The summed E-state index contributed by atoms with van der Waals surface area (Å²) in [6.45, 7) is 1.41. The lowest BCUT2D eigenvalue weighted by Gasteiger charge is -2.24. The average molecular weight is 272 g/mol. The molecule has 4 nitrogen and oxygen atoms in total. The number of hydrogen-bond acceptors (Lipinski definition) is 3. The summed E-state index contributed by atoms with van der Waals surface area (Å²) in [6, 6.07) is 2.31. The second kappa shape index (κ2) is 6.58. The van der Waals surface area contributed by atoms with Crippen molar-refractivity contribution >= 4 is 5.91 Å². The smallest absolute Gasteiger partial charge is 0.219 e. The predicted octanol–water partition coefficient (Wildman–Crippen LogP) is 0.674. The molecule has 0 saturated heterocycles. The highest BCUT2D eigenvalue weighted by atomic mass is 19.1. The van der Waals surface area contributed by atoms with E-state index in [-0.39, 0.29) is 24.4 Å². The number of likely N-dealkylation sites (N-methyl/N-ethyl adjacent to an activating group) is 1. The van der Waals surface area contributed by atoms with Crippen LogP contribution in [-0.4, -0.2) is 41.7 Å². The number of nitrogens with two attached hydrogens (primary N) is 1. The molecule has 1 aromatic carbocycles. The molecular formula is C13H18F2N2O2. The van der Waals surface area contributed by atoms with E-state index in [0.717, 1.165) is 18.2 Å². The summed E-state index contributed by atoms with van der Waals surface area (Å²) in [5, 5.41) is 9.82. The van der Waals surface area contributed by atoms with Gasteiger partial charge in [0.15, 0.2) is 0 Å². The van der Waals surface area contributed by atoms with Crippen molar-refractivity contribution in [1.82, 2.24) is 4.90 Å². The van der Waals surface area contributed by atoms with E-state index in [1.54, 1.807) is 0 Å². The molecule has 0 heterocycles. The first-order chi connectivity index (χ1) is 8.81. The Morgan fingerprint density at radius 2 is 2.11 bits per heavy atom. The normalized spacial score (nSPS) is 14.0. The Balaban J connectivity index is 2.65. The van der Waals surface area contributed by atoms with Gasteiger partial charge < -0.3 is 15.7 Å². The van der Waals surface area contributed by atoms with Crippen molar-refractivity contribution in [2.75, 3.05) is 13.6 Å². The third-order valence-electron chi connectivity index (χ3n) is 2.96. The predicted molar refractivity (Wildman–Crippen MR) is 67.4 cm³/mol. The quantitative estimate of drug-likeness (QED) is 0.828. The van der Waals surface area contributed by atoms with Gasteiger partial charge in [0.2, 0.25) is 5.91 Å². The van der Waals surface area contributed by atoms with E-state index in [4.69, 9.17) is 5.73 Å². The molecule has 1 rings (SSSR count). The number of hydrogen-bond donors (Lipinski definition) is 2. The largest absolute Gasteiger partial charge is 0.390 e. The van der Waals surface area contributed by atoms with Crippen molar-refractivity contribution in [2.24, 2.45) is 5.73 Å². The maximum absolute atomic E-state index is 13.4. The summed E-state index contributed by atoms with van der Waals surface area (Å²) in [4.78, 5) is 12.3. The second-order valence-corrected chi connectivity index (χ2v) is 4.57. The van der Waals surface area contributed by atoms with Crippen LogP contribution >= 0.6 is 0 Å². The SMILES string of the molecule is CC(=O)N(C)C[C@H](O)[C@H](N)Cc1cc(F)ccc1F. The summed E-state index contributed by atoms with van der Waals surface area (Å²) in [6.07, 6.45) is -1.01. The van der Waals surface area contributed by atoms with Crippen molar-refractivity contribution in [3.05, 3.63) is 35.4 Å². The number of carbonyl (C=O) groups is 1. The van der Waals surface area contributed by atoms with Crippen LogP contribution in [0.4, 0.5) is 8.78 Å². The Hall–Kier alpha value is -1.53. The van der Waals surface area contributed by atoms with Gasteiger partial charge in [-0.3, -0.25) is 4.79 Å². The number of rotatable bonds is 5. The molecule has 0 fully saturated rings. The molecule has 0 spiro atoms. The standard InChI is InChI=1S/C13H18F2N2O2/c1-8(18)17(2)7-13(19)12(16)6-9-5-10(14)3-4-11(9)15/h3-5,12-13,19H,6-7,16H2,1-2H3/t12-,13+/m1/s1. The van der Waals surface area contributed by atoms with E-state index in [2.05, 4.69) is 0 Å². The lowest BCUT2D eigenvalue weighted by molar-refractivity contribution is -0.128. The zero-order valence-electron chi connectivity index (χ0n) is 10.9. The Bertz CT molecular complexity index is 454. The molecule has 2 atom stereocenters. The van der Waals surface area contributed by atoms with Crippen LogP contribution in [0.1, 0.15) is 12.5 Å². The topological polar surface area (TPSA) is 66.6 Å². The maximum atomic E-state index is 13.4. The van der Waals surface area contributed by atoms with Crippen LogP contribution in [0.2, 0.25) is 0 Å². The van der Waals surface area contributed by atoms with E-state index in [0.29, 0.717) is 0 Å². The first-order valence-corrected chi connectivity index (χ1v) is 5.90. The van der Waals surface area contributed by atoms with E-state index < -0.39 is 23.8 Å². The minimum Gasteiger partial charge on any atom is -0.390 e. The highest BCUT2D eigenvalue weighted by Gasteiger charge is 2.19. The van der Waals surface area contributed by atoms with Gasteiger partial charge in [0.05, 0.1) is 6.10 Å². The lowest BCUT2D eigenvalue weighted by atomic mass is 10.0. The van der Waals surface area contributed by atoms with Gasteiger partial charge in [-0.2, -0.15) is 0 Å². The number of benzene rings is 1. The van der Waals surface area contributed by atoms with Crippen molar-refractivity contribution in [3.63, 3.8) is 0 Å². The lowest BCUT2D eigenvalue weighted by Crippen LogP contribution is -2.44. The molecule has 0 bridgehead atoms. The number of halogens is 2. The van der Waals surface area contributed by atoms with Crippen LogP contribution in [0.25, 0.3) is 0 Å². The summed E-state index contributed by atoms with van der Waals surface area (Å²) >= 11 is 0. The molecule has 0 aliphatic heterocycles. The van der Waals surface area contributed by atoms with Crippen LogP contribution in [0.15, 0.2) is 18.2 Å². The minimum absolute atomic E-state index is 0.00347. The molecule has 1 aromatic rings. The number of aliphatic hydroxyl groups excluding tert-OH is 1. The molecule has 0 radical (unpaired) electrons. The fourth-order valence-corrected chi connectivity index (χ4v) is 1.63. The number of aliphatic hydroxyl groups is 1. The Labute approximate surface area is 110 Å². The molecule has 1 amide bonds. The van der Waals surface area contributed by atoms with Crippen LogP contribution in [0.5, 0.6) is 0 Å². The number of amides is 1. The van der Waals surface area contributed by atoms with E-state index in [1.807, 2.05) is 0 Å². The maximum Gasteiger partial charge on any atom is 0.219 e. The first-order valence-electron chi connectivity index (χ1n) is 5.90. The van der Waals surface area contributed by atoms with E-state index in [9.17, 15) is 18.7 Å². The minimum atomic E-state index is -1.00. The van der Waals surface area contributed by atoms with E-state index >= 15 is 0 Å². The van der Waals surface area contributed by atoms with Crippen LogP contribution in [-0.2, 0) is 11.2 Å². The van der Waals surface area contributed by atoms with Crippen molar-refractivity contribution < 1.29 is 18.7 Å². The summed E-state index contributed by atoms with van der Waals surface area (Å²) in [5.41, 5.74) is 5.85. The second-order valence-electron chi connectivity index (χ2n) is 4.57. The zero-order valence-corrected chi connectivity index (χ0v) is 10.9. The van der Waals surface area contributed by atoms with Crippen molar-refractivity contribution in [3.8, 4) is 0 Å². The zero-order chi connectivity index (χ0) is 14.6. The molecule has 0 aliphatic carbocycles. The van der Waals surface area contributed by atoms with Gasteiger partial charge in [0.1, 0.15) is 11.6 Å². The van der Waals surface area contributed by atoms with Gasteiger partial charge in [0.25, 0.3) is 0 Å². The van der Waals surface area contributed by atoms with Gasteiger partial charge in [0, 0.05) is 26.6 Å². The van der Waals surface area contributed by atoms with Gasteiger partial charge in [-0.1, -0.05) is 0 Å². The third kappa shape index (κ3) is 4.57. The average Bonchev–Trinajstić information content (AvgIpc) is 2.33. The molecule has 19 heavy (non-hydrogen) atoms. The summed E-state index contributed by atoms with van der Waals surface area (Å²) in [7, 11) is 1.53. The fraction of sp³-hybridized carbons (Fsp3) is 0.462. The number of carbonyl (C=O) groups excluding carboxylic acids is 1. The highest BCUT2D eigenvalue weighted by Crippen LogP contribution is 2.12. The van der Waals surface area contributed by atoms with Gasteiger partial charge >= 0.3 is 0 Å². The molecular weight excluding hydrogens is 254 g/mol. The van der Waals surface area contributed by atoms with Crippen molar-refractivity contribution in [1.29, 1.82) is 0 Å². The molecule has 0 aliphatic rings. The molecule has 0 saturated carbocycles. The molecule has 106 valence electrons. The van der Waals surface area contributed by atoms with Crippen molar-refractivity contribution in [2.45, 2.75) is 25.5 Å². The molecule has 6 heteroatoms. The van der Waals surface area contributed by atoms with Gasteiger partial charge in [-0.15, -0.1) is 0 Å². The molecule has 0 aromatic heterocycles. The monoisotopic (exact) mass is 272 g/mol. The highest BCUT2D eigenvalue weighted by molar-refractivity contribution is 5.72. The fourth-order valence-electron chi connectivity index (χ4n) is 1.63. The van der Waals surface area contributed by atoms with E-state index in [1.165, 1.54) is 18.9 Å². The Kier molecular flexibility index (Phi) is 5.38. The molecule has 0 unspecified atom stereocenters. The Morgan fingerprint density at radius 3 is 2.68 bits per heavy atom. The first kappa shape index (κ1) is 15.5. The van der Waals surface area contributed by atoms with Gasteiger partial charge in [-0.25, -0.2) is 8.78 Å². The van der Waals surface area contributed by atoms with Crippen LogP contribution in [0.3, 0.4) is 0 Å². The van der Waals surface area contributed by atoms with Crippen LogP contribution < -0.4 is 5.73 Å². The summed E-state index contributed by atoms with van der Waals surface area (Å²) < 4.78 is 26.4. The Morgan fingerprint density at radius 1 is 1.47 bits per heavy atom. The summed E-state index contributed by atoms with van der Waals surface area (Å²) in [5.74, 6) is -1.33. The van der Waals surface area contributed by atoms with Crippen LogP contribution in [0, 0.1) is 11.6 Å². The molecule has 3 N–H and O–H groups in total.